The molecule has 3 aromatic rings. The quantitative estimate of drug-likeness (QED) is 0.0357. The van der Waals surface area contributed by atoms with E-state index in [0.29, 0.717) is 6.54 Å². The molecule has 0 saturated carbocycles. The second-order valence-electron chi connectivity index (χ2n) is 16.0. The average molecular weight is 800 g/mol. The molecule has 1 heterocycles. The SMILES string of the molecule is CCCCCCCN(CCCCCCC)c1ccc(/C=C/c2cc[n+](CCCS(=O)(=O)[O-])c(/C=C/c3ccc(N(CCCCCC)CCCCCC)cc3)c2)cc1. The second kappa shape index (κ2) is 28.9. The highest BCUT2D eigenvalue weighted by atomic mass is 32.2. The molecule has 0 aliphatic carbocycles. The van der Waals surface area contributed by atoms with E-state index in [1.807, 2.05) is 10.8 Å². The molecule has 3 rings (SSSR count). The Kier molecular flexibility index (Phi) is 24.3. The maximum absolute atomic E-state index is 11.4. The molecule has 2 aromatic carbocycles. The molecule has 0 unspecified atom stereocenters. The van der Waals surface area contributed by atoms with E-state index < -0.39 is 10.1 Å². The van der Waals surface area contributed by atoms with E-state index in [0.717, 1.165) is 48.6 Å². The summed E-state index contributed by atoms with van der Waals surface area (Å²) in [4.78, 5) is 5.15. The Morgan fingerprint density at radius 2 is 0.877 bits per heavy atom. The summed E-state index contributed by atoms with van der Waals surface area (Å²) in [5.74, 6) is -0.370. The molecule has 0 N–H and O–H groups in total. The van der Waals surface area contributed by atoms with Gasteiger partial charge in [0.2, 0.25) is 5.69 Å². The molecule has 6 nitrogen and oxygen atoms in total. The number of unbranched alkanes of at least 4 members (excludes halogenated alkanes) is 14. The highest BCUT2D eigenvalue weighted by Crippen LogP contribution is 2.22. The molecular formula is C50H77N3O3S. The van der Waals surface area contributed by atoms with Gasteiger partial charge in [-0.2, -0.15) is 4.57 Å². The minimum Gasteiger partial charge on any atom is -0.748 e. The summed E-state index contributed by atoms with van der Waals surface area (Å²) < 4.78 is 36.1. The van der Waals surface area contributed by atoms with Gasteiger partial charge in [-0.25, -0.2) is 8.42 Å². The van der Waals surface area contributed by atoms with E-state index in [2.05, 4.69) is 122 Å². The number of anilines is 2. The van der Waals surface area contributed by atoms with Crippen molar-refractivity contribution in [3.05, 3.63) is 89.2 Å². The fourth-order valence-electron chi connectivity index (χ4n) is 7.40. The van der Waals surface area contributed by atoms with Crippen LogP contribution < -0.4 is 14.4 Å². The third-order valence-corrected chi connectivity index (χ3v) is 11.7. The van der Waals surface area contributed by atoms with Crippen LogP contribution in [0.1, 0.15) is 172 Å². The molecule has 0 amide bonds. The highest BCUT2D eigenvalue weighted by Gasteiger charge is 2.11. The van der Waals surface area contributed by atoms with Gasteiger partial charge >= 0.3 is 0 Å². The van der Waals surface area contributed by atoms with Gasteiger partial charge in [-0.15, -0.1) is 0 Å². The molecule has 1 aromatic heterocycles. The van der Waals surface area contributed by atoms with Crippen molar-refractivity contribution in [2.24, 2.45) is 0 Å². The van der Waals surface area contributed by atoms with Crippen LogP contribution in [0.4, 0.5) is 11.4 Å². The molecule has 0 radical (unpaired) electrons. The zero-order valence-corrected chi connectivity index (χ0v) is 37.1. The first-order chi connectivity index (χ1) is 27.8. The van der Waals surface area contributed by atoms with Crippen molar-refractivity contribution in [1.29, 1.82) is 0 Å². The Hall–Kier alpha value is -3.42. The number of rotatable bonds is 32. The van der Waals surface area contributed by atoms with Gasteiger partial charge in [0.05, 0.1) is 10.1 Å². The second-order valence-corrected chi connectivity index (χ2v) is 17.5. The van der Waals surface area contributed by atoms with Crippen LogP contribution in [0.15, 0.2) is 66.9 Å². The number of aromatic nitrogens is 1. The molecule has 57 heavy (non-hydrogen) atoms. The van der Waals surface area contributed by atoms with E-state index in [4.69, 9.17) is 0 Å². The lowest BCUT2D eigenvalue weighted by atomic mass is 10.1. The zero-order chi connectivity index (χ0) is 41.0. The third kappa shape index (κ3) is 20.7. The lowest BCUT2D eigenvalue weighted by Gasteiger charge is -2.25. The van der Waals surface area contributed by atoms with E-state index in [-0.39, 0.29) is 12.2 Å². The van der Waals surface area contributed by atoms with E-state index in [1.165, 1.54) is 127 Å². The average Bonchev–Trinajstić information content (AvgIpc) is 3.21. The first kappa shape index (κ1) is 48.0. The molecular weight excluding hydrogens is 723 g/mol. The van der Waals surface area contributed by atoms with Gasteiger partial charge < -0.3 is 14.4 Å². The monoisotopic (exact) mass is 800 g/mol. The van der Waals surface area contributed by atoms with Gasteiger partial charge in [0.25, 0.3) is 0 Å². The lowest BCUT2D eigenvalue weighted by molar-refractivity contribution is -0.698. The Morgan fingerprint density at radius 1 is 0.491 bits per heavy atom. The van der Waals surface area contributed by atoms with Crippen LogP contribution in [0, 0.1) is 0 Å². The fraction of sp³-hybridized carbons (Fsp3) is 0.580. The lowest BCUT2D eigenvalue weighted by Crippen LogP contribution is -2.37. The molecule has 0 spiro atoms. The summed E-state index contributed by atoms with van der Waals surface area (Å²) in [5, 5.41) is 0. The maximum atomic E-state index is 11.4. The standard InChI is InChI=1S/C50H77N3O3S/c1-5-9-13-17-21-39-52(40-22-18-14-10-6-2)48-31-26-45(27-32-48)24-25-47-36-42-53(41-23-43-57(54,55)56)50(44-47)35-30-46-28-33-49(34-29-46)51(37-19-15-11-7-3)38-20-16-12-8-4/h24-36,42,44H,5-23,37-41,43H2,1-4H3. The van der Waals surface area contributed by atoms with Gasteiger partial charge in [0, 0.05) is 67.9 Å². The van der Waals surface area contributed by atoms with Gasteiger partial charge in [0.1, 0.15) is 6.54 Å². The number of aryl methyl sites for hydroxylation is 1. The fourth-order valence-corrected chi connectivity index (χ4v) is 7.89. The van der Waals surface area contributed by atoms with Crippen molar-refractivity contribution in [2.75, 3.05) is 41.7 Å². The van der Waals surface area contributed by atoms with E-state index in [1.54, 1.807) is 0 Å². The minimum atomic E-state index is -4.26. The highest BCUT2D eigenvalue weighted by molar-refractivity contribution is 7.85. The number of benzene rings is 2. The molecule has 316 valence electrons. The maximum Gasteiger partial charge on any atom is 0.205 e. The summed E-state index contributed by atoms with van der Waals surface area (Å²) in [7, 11) is -4.26. The van der Waals surface area contributed by atoms with Crippen LogP contribution >= 0.6 is 0 Å². The first-order valence-electron chi connectivity index (χ1n) is 22.8. The Bertz CT molecular complexity index is 1620. The smallest absolute Gasteiger partial charge is 0.205 e. The van der Waals surface area contributed by atoms with Crippen LogP contribution in [-0.4, -0.2) is 44.9 Å². The third-order valence-electron chi connectivity index (χ3n) is 10.9. The Morgan fingerprint density at radius 3 is 1.30 bits per heavy atom. The molecule has 0 atom stereocenters. The largest absolute Gasteiger partial charge is 0.748 e. The zero-order valence-electron chi connectivity index (χ0n) is 36.3. The van der Waals surface area contributed by atoms with Crippen LogP contribution in [0.25, 0.3) is 24.3 Å². The van der Waals surface area contributed by atoms with Crippen LogP contribution in [-0.2, 0) is 16.7 Å². The van der Waals surface area contributed by atoms with Crippen molar-refractivity contribution in [3.8, 4) is 0 Å². The summed E-state index contributed by atoms with van der Waals surface area (Å²) in [6.07, 6.45) is 33.9. The number of pyridine rings is 1. The summed E-state index contributed by atoms with van der Waals surface area (Å²) in [6, 6.07) is 22.1. The predicted molar refractivity (Wildman–Crippen MR) is 247 cm³/mol. The molecule has 0 aliphatic heterocycles. The molecule has 0 aliphatic rings. The van der Waals surface area contributed by atoms with Gasteiger partial charge in [-0.05, 0) is 72.7 Å². The summed E-state index contributed by atoms with van der Waals surface area (Å²) in [6.45, 7) is 14.0. The normalized spacial score (nSPS) is 11.9. The molecule has 7 heteroatoms. The molecule has 0 saturated heterocycles. The number of nitrogens with zero attached hydrogens (tertiary/aromatic N) is 3. The Labute approximate surface area is 349 Å². The first-order valence-corrected chi connectivity index (χ1v) is 24.4. The summed E-state index contributed by atoms with van der Waals surface area (Å²) in [5.41, 5.74) is 6.88. The topological polar surface area (TPSA) is 67.6 Å². The van der Waals surface area contributed by atoms with Crippen molar-refractivity contribution >= 4 is 45.8 Å². The number of hydrogen-bond donors (Lipinski definition) is 0. The van der Waals surface area contributed by atoms with Crippen molar-refractivity contribution in [3.63, 3.8) is 0 Å². The molecule has 0 bridgehead atoms. The van der Waals surface area contributed by atoms with Gasteiger partial charge in [0.15, 0.2) is 6.20 Å². The van der Waals surface area contributed by atoms with E-state index in [9.17, 15) is 13.0 Å². The summed E-state index contributed by atoms with van der Waals surface area (Å²) >= 11 is 0. The van der Waals surface area contributed by atoms with Crippen molar-refractivity contribution in [2.45, 2.75) is 156 Å². The van der Waals surface area contributed by atoms with Crippen LogP contribution in [0.5, 0.6) is 0 Å². The van der Waals surface area contributed by atoms with Gasteiger partial charge in [-0.3, -0.25) is 0 Å². The predicted octanol–water partition coefficient (Wildman–Crippen LogP) is 13.0. The number of hydrogen-bond acceptors (Lipinski definition) is 5. The van der Waals surface area contributed by atoms with Crippen molar-refractivity contribution < 1.29 is 17.5 Å². The van der Waals surface area contributed by atoms with Gasteiger partial charge in [-0.1, -0.05) is 154 Å². The molecule has 0 fully saturated rings. The Balaban J connectivity index is 1.76. The van der Waals surface area contributed by atoms with Crippen molar-refractivity contribution in [1.82, 2.24) is 0 Å². The van der Waals surface area contributed by atoms with E-state index >= 15 is 0 Å². The van der Waals surface area contributed by atoms with Crippen LogP contribution in [0.3, 0.4) is 0 Å². The minimum absolute atomic E-state index is 0.272. The van der Waals surface area contributed by atoms with Crippen LogP contribution in [0.2, 0.25) is 0 Å².